The van der Waals surface area contributed by atoms with Gasteiger partial charge < -0.3 is 4.90 Å². The highest BCUT2D eigenvalue weighted by Gasteiger charge is 2.32. The first kappa shape index (κ1) is 21.0. The first-order valence-electron chi connectivity index (χ1n) is 10.6. The summed E-state index contributed by atoms with van der Waals surface area (Å²) < 4.78 is 27.9. The molecule has 6 nitrogen and oxygen atoms in total. The van der Waals surface area contributed by atoms with Crippen LogP contribution in [0.15, 0.2) is 59.5 Å². The summed E-state index contributed by atoms with van der Waals surface area (Å²) in [5.74, 6) is 0.103. The largest absolute Gasteiger partial charge is 0.312 e. The number of hydrogen-bond donors (Lipinski definition) is 0. The Bertz CT molecular complexity index is 977. The third-order valence-corrected chi connectivity index (χ3v) is 8.00. The summed E-state index contributed by atoms with van der Waals surface area (Å²) in [6, 6.07) is 17.3. The average molecular weight is 428 g/mol. The van der Waals surface area contributed by atoms with Crippen molar-refractivity contribution < 1.29 is 13.2 Å². The minimum atomic E-state index is -3.54. The first-order valence-corrected chi connectivity index (χ1v) is 12.1. The lowest BCUT2D eigenvalue weighted by atomic mass is 10.1. The zero-order valence-corrected chi connectivity index (χ0v) is 18.2. The lowest BCUT2D eigenvalue weighted by molar-refractivity contribution is -0.117. The maximum absolute atomic E-state index is 13.1. The lowest BCUT2D eigenvalue weighted by Crippen LogP contribution is -2.53. The number of nitrogens with zero attached hydrogens (tertiary/aromatic N) is 3. The second-order valence-corrected chi connectivity index (χ2v) is 10.1. The van der Waals surface area contributed by atoms with E-state index in [1.165, 1.54) is 5.56 Å². The van der Waals surface area contributed by atoms with Crippen molar-refractivity contribution >= 4 is 21.6 Å². The second kappa shape index (κ2) is 8.88. The topological polar surface area (TPSA) is 60.9 Å². The van der Waals surface area contributed by atoms with E-state index >= 15 is 0 Å². The number of hydrogen-bond acceptors (Lipinski definition) is 4. The molecule has 2 aromatic carbocycles. The third-order valence-electron chi connectivity index (χ3n) is 6.12. The molecule has 30 heavy (non-hydrogen) atoms. The Morgan fingerprint density at radius 2 is 1.70 bits per heavy atom. The molecule has 0 spiro atoms. The van der Waals surface area contributed by atoms with Crippen LogP contribution in [-0.2, 0) is 21.2 Å². The van der Waals surface area contributed by atoms with Crippen LogP contribution in [0.25, 0.3) is 0 Å². The molecule has 0 N–H and O–H groups in total. The second-order valence-electron chi connectivity index (χ2n) is 8.13. The van der Waals surface area contributed by atoms with Gasteiger partial charge in [-0.1, -0.05) is 30.3 Å². The molecule has 2 aliphatic heterocycles. The highest BCUT2D eigenvalue weighted by atomic mass is 32.2. The Morgan fingerprint density at radius 1 is 0.967 bits per heavy atom. The van der Waals surface area contributed by atoms with Gasteiger partial charge in [-0.25, -0.2) is 8.42 Å². The van der Waals surface area contributed by atoms with E-state index in [0.29, 0.717) is 31.0 Å². The molecule has 0 radical (unpaired) electrons. The highest BCUT2D eigenvalue weighted by molar-refractivity contribution is 7.89. The number of anilines is 1. The van der Waals surface area contributed by atoms with Crippen molar-refractivity contribution in [3.63, 3.8) is 0 Å². The minimum absolute atomic E-state index is 0.103. The van der Waals surface area contributed by atoms with Crippen LogP contribution in [0.5, 0.6) is 0 Å². The van der Waals surface area contributed by atoms with Crippen molar-refractivity contribution in [1.82, 2.24) is 9.21 Å². The van der Waals surface area contributed by atoms with Gasteiger partial charge in [-0.2, -0.15) is 4.31 Å². The van der Waals surface area contributed by atoms with E-state index in [9.17, 15) is 13.2 Å². The van der Waals surface area contributed by atoms with Crippen LogP contribution in [0.2, 0.25) is 0 Å². The van der Waals surface area contributed by atoms with E-state index in [1.807, 2.05) is 18.2 Å². The summed E-state index contributed by atoms with van der Waals surface area (Å²) in [6.07, 6.45) is 2.38. The fourth-order valence-corrected chi connectivity index (χ4v) is 5.81. The Balaban J connectivity index is 1.38. The molecule has 2 aromatic rings. The summed E-state index contributed by atoms with van der Waals surface area (Å²) >= 11 is 0. The zero-order valence-electron chi connectivity index (χ0n) is 17.4. The Hall–Kier alpha value is -2.22. The number of carbonyl (C=O) groups is 1. The fourth-order valence-electron chi connectivity index (χ4n) is 4.30. The van der Waals surface area contributed by atoms with Gasteiger partial charge in [0, 0.05) is 50.9 Å². The molecule has 1 atom stereocenters. The van der Waals surface area contributed by atoms with E-state index in [1.54, 1.807) is 33.5 Å². The van der Waals surface area contributed by atoms with Crippen molar-refractivity contribution in [1.29, 1.82) is 0 Å². The summed E-state index contributed by atoms with van der Waals surface area (Å²) in [4.78, 5) is 16.3. The third kappa shape index (κ3) is 4.43. The molecule has 1 unspecified atom stereocenters. The molecule has 7 heteroatoms. The molecule has 2 fully saturated rings. The predicted octanol–water partition coefficient (Wildman–Crippen LogP) is 2.75. The van der Waals surface area contributed by atoms with Gasteiger partial charge >= 0.3 is 0 Å². The minimum Gasteiger partial charge on any atom is -0.312 e. The average Bonchev–Trinajstić information content (AvgIpc) is 3.19. The Labute approximate surface area is 179 Å². The normalized spacial score (nSPS) is 21.3. The lowest BCUT2D eigenvalue weighted by Gasteiger charge is -2.39. The van der Waals surface area contributed by atoms with Crippen LogP contribution in [0, 0.1) is 0 Å². The Morgan fingerprint density at radius 3 is 2.33 bits per heavy atom. The van der Waals surface area contributed by atoms with Gasteiger partial charge in [0.25, 0.3) is 0 Å². The molecule has 0 aliphatic carbocycles. The molecular weight excluding hydrogens is 398 g/mol. The number of benzene rings is 2. The smallest absolute Gasteiger partial charge is 0.243 e. The summed E-state index contributed by atoms with van der Waals surface area (Å²) in [7, 11) is -3.54. The van der Waals surface area contributed by atoms with E-state index in [2.05, 4.69) is 24.0 Å². The number of piperazine rings is 1. The SMILES string of the molecule is CC1CN(S(=O)(=O)c2ccc(N3CCCC3=O)cc2)CCN1CCc1ccccc1. The molecule has 160 valence electrons. The van der Waals surface area contributed by atoms with E-state index < -0.39 is 10.0 Å². The molecular formula is C23H29N3O3S. The van der Waals surface area contributed by atoms with E-state index in [-0.39, 0.29) is 11.9 Å². The van der Waals surface area contributed by atoms with Gasteiger partial charge in [0.2, 0.25) is 15.9 Å². The zero-order chi connectivity index (χ0) is 21.1. The van der Waals surface area contributed by atoms with Crippen LogP contribution >= 0.6 is 0 Å². The molecule has 2 aliphatic rings. The van der Waals surface area contributed by atoms with Crippen molar-refractivity contribution in [3.8, 4) is 0 Å². The first-order chi connectivity index (χ1) is 14.4. The van der Waals surface area contributed by atoms with Crippen LogP contribution in [0.4, 0.5) is 5.69 Å². The van der Waals surface area contributed by atoms with E-state index in [0.717, 1.165) is 31.6 Å². The number of amides is 1. The standard InChI is InChI=1S/C23H29N3O3S/c1-19-18-25(17-16-24(19)15-13-20-6-3-2-4-7-20)30(28,29)22-11-9-21(10-12-22)26-14-5-8-23(26)27/h2-4,6-7,9-12,19H,5,8,13-18H2,1H3. The molecule has 2 saturated heterocycles. The maximum Gasteiger partial charge on any atom is 0.243 e. The van der Waals surface area contributed by atoms with Gasteiger partial charge in [0.1, 0.15) is 0 Å². The molecule has 0 bridgehead atoms. The fraction of sp³-hybridized carbons (Fsp3) is 0.435. The highest BCUT2D eigenvalue weighted by Crippen LogP contribution is 2.25. The molecule has 0 aromatic heterocycles. The van der Waals surface area contributed by atoms with Crippen molar-refractivity contribution in [2.75, 3.05) is 37.6 Å². The monoisotopic (exact) mass is 427 g/mol. The number of carbonyl (C=O) groups excluding carboxylic acids is 1. The quantitative estimate of drug-likeness (QED) is 0.711. The van der Waals surface area contributed by atoms with Gasteiger partial charge in [-0.3, -0.25) is 9.69 Å². The van der Waals surface area contributed by atoms with Crippen LogP contribution < -0.4 is 4.90 Å². The molecule has 4 rings (SSSR count). The van der Waals surface area contributed by atoms with Gasteiger partial charge in [0.15, 0.2) is 0 Å². The molecule has 2 heterocycles. The summed E-state index contributed by atoms with van der Waals surface area (Å²) in [6.45, 7) is 5.44. The molecule has 0 saturated carbocycles. The van der Waals surface area contributed by atoms with Crippen LogP contribution in [-0.4, -0.2) is 62.3 Å². The van der Waals surface area contributed by atoms with Crippen LogP contribution in [0.1, 0.15) is 25.3 Å². The number of sulfonamides is 1. The van der Waals surface area contributed by atoms with Gasteiger partial charge in [-0.15, -0.1) is 0 Å². The maximum atomic E-state index is 13.1. The summed E-state index contributed by atoms with van der Waals surface area (Å²) in [5, 5.41) is 0. The number of rotatable bonds is 6. The predicted molar refractivity (Wildman–Crippen MR) is 118 cm³/mol. The summed E-state index contributed by atoms with van der Waals surface area (Å²) in [5.41, 5.74) is 2.08. The van der Waals surface area contributed by atoms with E-state index in [4.69, 9.17) is 0 Å². The molecule has 1 amide bonds. The van der Waals surface area contributed by atoms with Crippen molar-refractivity contribution in [2.24, 2.45) is 0 Å². The van der Waals surface area contributed by atoms with Gasteiger partial charge in [0.05, 0.1) is 4.90 Å². The van der Waals surface area contributed by atoms with Crippen LogP contribution in [0.3, 0.4) is 0 Å². The van der Waals surface area contributed by atoms with Crippen molar-refractivity contribution in [3.05, 3.63) is 60.2 Å². The Kier molecular flexibility index (Phi) is 6.22. The van der Waals surface area contributed by atoms with Gasteiger partial charge in [-0.05, 0) is 49.6 Å². The van der Waals surface area contributed by atoms with Crippen molar-refractivity contribution in [2.45, 2.75) is 37.1 Å².